The molecule has 0 aromatic rings. The van der Waals surface area contributed by atoms with Gasteiger partial charge in [-0.05, 0) is 93.3 Å². The Kier molecular flexibility index (Phi) is 7.63. The molecule has 0 aliphatic heterocycles. The number of rotatable bonds is 2. The summed E-state index contributed by atoms with van der Waals surface area (Å²) in [5.41, 5.74) is 6.29. The molecule has 0 spiro atoms. The van der Waals surface area contributed by atoms with E-state index in [0.29, 0.717) is 5.41 Å². The summed E-state index contributed by atoms with van der Waals surface area (Å²) in [6.45, 7) is 11.4. The molecule has 0 N–H and O–H groups in total. The summed E-state index contributed by atoms with van der Waals surface area (Å²) in [5.74, 6) is 3.95. The van der Waals surface area contributed by atoms with E-state index in [0.717, 1.165) is 23.7 Å². The van der Waals surface area contributed by atoms with E-state index in [-0.39, 0.29) is 7.43 Å². The summed E-state index contributed by atoms with van der Waals surface area (Å²) in [7, 11) is 0. The first-order valence-corrected chi connectivity index (χ1v) is 11.5. The van der Waals surface area contributed by atoms with Crippen LogP contribution in [-0.2, 0) is 0 Å². The van der Waals surface area contributed by atoms with Crippen LogP contribution < -0.4 is 0 Å². The summed E-state index contributed by atoms with van der Waals surface area (Å²) >= 11 is 0. The first-order valence-electron chi connectivity index (χ1n) is 11.5. The number of unbranched alkanes of at least 4 members (excludes halogenated alkanes) is 1. The van der Waals surface area contributed by atoms with Crippen LogP contribution in [0.3, 0.4) is 0 Å². The molecule has 0 heteroatoms. The van der Waals surface area contributed by atoms with E-state index in [9.17, 15) is 0 Å². The molecule has 0 aromatic heterocycles. The highest BCUT2D eigenvalue weighted by Gasteiger charge is 2.52. The van der Waals surface area contributed by atoms with Gasteiger partial charge in [0.15, 0.2) is 0 Å². The minimum Gasteiger partial charge on any atom is -0.0848 e. The van der Waals surface area contributed by atoms with Gasteiger partial charge in [0.25, 0.3) is 0 Å². The number of hydrogen-bond acceptors (Lipinski definition) is 0. The van der Waals surface area contributed by atoms with Crippen molar-refractivity contribution in [2.75, 3.05) is 0 Å². The Morgan fingerprint density at radius 3 is 2.54 bits per heavy atom. The van der Waals surface area contributed by atoms with Crippen LogP contribution in [0, 0.1) is 29.1 Å². The molecule has 5 unspecified atom stereocenters. The standard InChI is InChI=1S/C23H36.C2H6.CH4/c1-4-5-6-18-9-12-22-21-11-8-17-15-16(2)7-10-19(17)20(21)13-14-23(18,22)3;1-2;/h6,16,20-22H,4-5,7-15H2,1-3H3;1-2H3;1H4/b18-6-;;. The Balaban J connectivity index is 0.000000784. The molecule has 26 heavy (non-hydrogen) atoms. The zero-order valence-corrected chi connectivity index (χ0v) is 17.7. The van der Waals surface area contributed by atoms with E-state index >= 15 is 0 Å². The second-order valence-corrected chi connectivity index (χ2v) is 9.41. The molecule has 2 fully saturated rings. The van der Waals surface area contributed by atoms with E-state index in [1.807, 2.05) is 30.6 Å². The highest BCUT2D eigenvalue weighted by molar-refractivity contribution is 5.30. The average Bonchev–Trinajstić information content (AvgIpc) is 2.97. The van der Waals surface area contributed by atoms with Crippen LogP contribution >= 0.6 is 0 Å². The summed E-state index contributed by atoms with van der Waals surface area (Å²) in [6.07, 6.45) is 18.4. The SMILES string of the molecule is C.CC.CCC/C=C1/CCC2C3CCC4=C(CCC(C)C4)C3CCC12C. The van der Waals surface area contributed by atoms with Gasteiger partial charge in [-0.3, -0.25) is 0 Å². The van der Waals surface area contributed by atoms with Crippen molar-refractivity contribution in [3.05, 3.63) is 22.8 Å². The third kappa shape index (κ3) is 3.72. The fourth-order valence-electron chi connectivity index (χ4n) is 6.91. The molecule has 0 nitrogen and oxygen atoms in total. The summed E-state index contributed by atoms with van der Waals surface area (Å²) in [5, 5.41) is 0. The molecule has 2 saturated carbocycles. The van der Waals surface area contributed by atoms with Gasteiger partial charge < -0.3 is 0 Å². The molecule has 4 rings (SSSR count). The summed E-state index contributed by atoms with van der Waals surface area (Å²) in [6, 6.07) is 0. The van der Waals surface area contributed by atoms with Gasteiger partial charge in [-0.15, -0.1) is 0 Å². The Hall–Kier alpha value is -0.520. The van der Waals surface area contributed by atoms with Crippen LogP contribution in [0.1, 0.15) is 113 Å². The van der Waals surface area contributed by atoms with Crippen LogP contribution in [0.15, 0.2) is 22.8 Å². The second kappa shape index (κ2) is 9.11. The van der Waals surface area contributed by atoms with Crippen molar-refractivity contribution in [2.45, 2.75) is 113 Å². The Labute approximate surface area is 164 Å². The minimum absolute atomic E-state index is 0. The number of allylic oxidation sites excluding steroid dienone is 4. The van der Waals surface area contributed by atoms with Gasteiger partial charge in [0.05, 0.1) is 0 Å². The largest absolute Gasteiger partial charge is 0.0848 e. The van der Waals surface area contributed by atoms with Gasteiger partial charge in [0.2, 0.25) is 0 Å². The van der Waals surface area contributed by atoms with Crippen LogP contribution in [-0.4, -0.2) is 0 Å². The van der Waals surface area contributed by atoms with E-state index in [4.69, 9.17) is 0 Å². The topological polar surface area (TPSA) is 0 Å². The first-order chi connectivity index (χ1) is 12.1. The molecule has 5 atom stereocenters. The maximum Gasteiger partial charge on any atom is -0.00850 e. The monoisotopic (exact) mass is 358 g/mol. The lowest BCUT2D eigenvalue weighted by Crippen LogP contribution is -2.42. The smallest absolute Gasteiger partial charge is 0.00850 e. The van der Waals surface area contributed by atoms with Gasteiger partial charge in [-0.1, -0.05) is 71.3 Å². The zero-order valence-electron chi connectivity index (χ0n) is 17.7. The third-order valence-electron chi connectivity index (χ3n) is 8.15. The molecule has 4 aliphatic carbocycles. The van der Waals surface area contributed by atoms with Crippen molar-refractivity contribution in [3.8, 4) is 0 Å². The predicted octanol–water partition coefficient (Wildman–Crippen LogP) is 8.73. The fourth-order valence-corrected chi connectivity index (χ4v) is 6.91. The molecule has 0 heterocycles. The van der Waals surface area contributed by atoms with Crippen LogP contribution in [0.25, 0.3) is 0 Å². The molecule has 0 aromatic carbocycles. The molecule has 0 radical (unpaired) electrons. The minimum atomic E-state index is 0. The lowest BCUT2D eigenvalue weighted by atomic mass is 9.53. The van der Waals surface area contributed by atoms with Gasteiger partial charge in [-0.2, -0.15) is 0 Å². The normalized spacial score (nSPS) is 40.0. The molecular weight excluding hydrogens is 312 g/mol. The van der Waals surface area contributed by atoms with Crippen molar-refractivity contribution in [2.24, 2.45) is 29.1 Å². The van der Waals surface area contributed by atoms with Crippen LogP contribution in [0.5, 0.6) is 0 Å². The maximum atomic E-state index is 2.64. The number of hydrogen-bond donors (Lipinski definition) is 0. The molecule has 0 bridgehead atoms. The zero-order chi connectivity index (χ0) is 18.0. The van der Waals surface area contributed by atoms with Crippen molar-refractivity contribution in [1.82, 2.24) is 0 Å². The van der Waals surface area contributed by atoms with Crippen molar-refractivity contribution < 1.29 is 0 Å². The Morgan fingerprint density at radius 2 is 1.81 bits per heavy atom. The van der Waals surface area contributed by atoms with Crippen LogP contribution in [0.4, 0.5) is 0 Å². The third-order valence-corrected chi connectivity index (χ3v) is 8.15. The summed E-state index contributed by atoms with van der Waals surface area (Å²) in [4.78, 5) is 0. The molecule has 150 valence electrons. The van der Waals surface area contributed by atoms with Gasteiger partial charge >= 0.3 is 0 Å². The number of fused-ring (bicyclic) bond motifs is 4. The van der Waals surface area contributed by atoms with E-state index in [1.54, 1.807) is 0 Å². The van der Waals surface area contributed by atoms with Gasteiger partial charge in [-0.25, -0.2) is 0 Å². The second-order valence-electron chi connectivity index (χ2n) is 9.41. The van der Waals surface area contributed by atoms with E-state index < -0.39 is 0 Å². The lowest BCUT2D eigenvalue weighted by Gasteiger charge is -2.51. The molecular formula is C26H46. The van der Waals surface area contributed by atoms with Crippen LogP contribution in [0.2, 0.25) is 0 Å². The van der Waals surface area contributed by atoms with E-state index in [2.05, 4.69) is 26.8 Å². The quantitative estimate of drug-likeness (QED) is 0.433. The average molecular weight is 359 g/mol. The Morgan fingerprint density at radius 1 is 1.04 bits per heavy atom. The van der Waals surface area contributed by atoms with Gasteiger partial charge in [0.1, 0.15) is 0 Å². The Bertz CT molecular complexity index is 522. The van der Waals surface area contributed by atoms with Crippen molar-refractivity contribution in [3.63, 3.8) is 0 Å². The highest BCUT2D eigenvalue weighted by Crippen LogP contribution is 2.63. The molecule has 0 saturated heterocycles. The highest BCUT2D eigenvalue weighted by atomic mass is 14.6. The lowest BCUT2D eigenvalue weighted by molar-refractivity contribution is 0.0592. The summed E-state index contributed by atoms with van der Waals surface area (Å²) < 4.78 is 0. The van der Waals surface area contributed by atoms with Gasteiger partial charge in [0, 0.05) is 0 Å². The fraction of sp³-hybridized carbons (Fsp3) is 0.846. The maximum absolute atomic E-state index is 2.64. The first kappa shape index (κ1) is 21.8. The molecule has 0 amide bonds. The predicted molar refractivity (Wildman–Crippen MR) is 117 cm³/mol. The van der Waals surface area contributed by atoms with Crippen molar-refractivity contribution >= 4 is 0 Å². The van der Waals surface area contributed by atoms with E-state index in [1.165, 1.54) is 70.6 Å². The molecule has 4 aliphatic rings. The van der Waals surface area contributed by atoms with Crippen molar-refractivity contribution in [1.29, 1.82) is 0 Å².